The Kier molecular flexibility index (Phi) is 5.21. The van der Waals surface area contributed by atoms with E-state index in [1.807, 2.05) is 32.5 Å². The molecule has 25 heavy (non-hydrogen) atoms. The lowest BCUT2D eigenvalue weighted by molar-refractivity contribution is -0.116. The third-order valence-corrected chi connectivity index (χ3v) is 6.27. The largest absolute Gasteiger partial charge is 0.420 e. The van der Waals surface area contributed by atoms with Crippen LogP contribution in [0.1, 0.15) is 35.1 Å². The summed E-state index contributed by atoms with van der Waals surface area (Å²) in [6.45, 7) is 6.05. The third kappa shape index (κ3) is 3.34. The van der Waals surface area contributed by atoms with Gasteiger partial charge in [-0.15, -0.1) is 0 Å². The molecule has 1 aromatic rings. The Labute approximate surface area is 157 Å². The summed E-state index contributed by atoms with van der Waals surface area (Å²) >= 11 is 2.90. The monoisotopic (exact) mass is 377 g/mol. The number of hydrogen-bond donors (Lipinski definition) is 1. The number of benzene rings is 1. The van der Waals surface area contributed by atoms with Crippen LogP contribution < -0.4 is 5.32 Å². The smallest absolute Gasteiger partial charge is 0.372 e. The lowest BCUT2D eigenvalue weighted by Gasteiger charge is -2.34. The number of amides is 1. The van der Waals surface area contributed by atoms with E-state index >= 15 is 0 Å². The third-order valence-electron chi connectivity index (χ3n) is 4.87. The molecule has 0 aromatic heterocycles. The molecule has 2 aliphatic rings. The van der Waals surface area contributed by atoms with E-state index in [4.69, 9.17) is 4.74 Å². The highest BCUT2D eigenvalue weighted by molar-refractivity contribution is 8.12. The molecule has 0 atom stereocenters. The molecule has 1 spiro atoms. The minimum Gasteiger partial charge on any atom is -0.420 e. The van der Waals surface area contributed by atoms with Gasteiger partial charge in [0.15, 0.2) is 0 Å². The average molecular weight is 378 g/mol. The molecule has 1 saturated heterocycles. The van der Waals surface area contributed by atoms with Gasteiger partial charge in [0.05, 0.1) is 5.57 Å². The van der Waals surface area contributed by atoms with Gasteiger partial charge in [0, 0.05) is 0 Å². The molecule has 2 aliphatic heterocycles. The minimum atomic E-state index is -0.549. The van der Waals surface area contributed by atoms with Crippen molar-refractivity contribution < 1.29 is 14.3 Å². The van der Waals surface area contributed by atoms with Crippen LogP contribution in [-0.2, 0) is 9.53 Å². The van der Waals surface area contributed by atoms with Crippen LogP contribution in [0.5, 0.6) is 0 Å². The first kappa shape index (κ1) is 18.4. The van der Waals surface area contributed by atoms with Crippen molar-refractivity contribution in [2.75, 3.05) is 17.8 Å². The molecule has 1 N–H and O–H groups in total. The van der Waals surface area contributed by atoms with E-state index in [-0.39, 0.29) is 11.2 Å². The molecule has 134 valence electrons. The van der Waals surface area contributed by atoms with Gasteiger partial charge in [-0.2, -0.15) is 11.8 Å². The normalized spacial score (nSPS) is 19.3. The SMILES string of the molecule is CSC(=O)OC1=C(c2c(C)cc(C)cc2C)C(=O)NC12CCSCC2. The van der Waals surface area contributed by atoms with E-state index in [1.165, 1.54) is 0 Å². The van der Waals surface area contributed by atoms with Crippen LogP contribution in [0, 0.1) is 20.8 Å². The first-order chi connectivity index (χ1) is 11.9. The second-order valence-corrected chi connectivity index (χ2v) is 8.65. The van der Waals surface area contributed by atoms with Crippen molar-refractivity contribution in [2.24, 2.45) is 0 Å². The van der Waals surface area contributed by atoms with E-state index in [0.29, 0.717) is 11.3 Å². The zero-order chi connectivity index (χ0) is 18.2. The lowest BCUT2D eigenvalue weighted by atomic mass is 9.87. The van der Waals surface area contributed by atoms with Gasteiger partial charge in [0.1, 0.15) is 11.3 Å². The number of ether oxygens (including phenoxy) is 1. The van der Waals surface area contributed by atoms with Crippen molar-refractivity contribution in [1.82, 2.24) is 5.32 Å². The van der Waals surface area contributed by atoms with Crippen LogP contribution in [0.4, 0.5) is 4.79 Å². The van der Waals surface area contributed by atoms with Gasteiger partial charge >= 0.3 is 5.30 Å². The van der Waals surface area contributed by atoms with Crippen LogP contribution in [0.2, 0.25) is 0 Å². The lowest BCUT2D eigenvalue weighted by Crippen LogP contribution is -2.48. The van der Waals surface area contributed by atoms with Crippen molar-refractivity contribution >= 4 is 40.3 Å². The molecular weight excluding hydrogens is 354 g/mol. The summed E-state index contributed by atoms with van der Waals surface area (Å²) < 4.78 is 5.74. The molecule has 0 unspecified atom stereocenters. The molecule has 1 aromatic carbocycles. The first-order valence-electron chi connectivity index (χ1n) is 8.37. The number of thioether (sulfide) groups is 2. The highest BCUT2D eigenvalue weighted by atomic mass is 32.2. The van der Waals surface area contributed by atoms with Gasteiger partial charge in [-0.1, -0.05) is 17.7 Å². The number of rotatable bonds is 2. The van der Waals surface area contributed by atoms with Crippen molar-refractivity contribution in [2.45, 2.75) is 39.2 Å². The van der Waals surface area contributed by atoms with Crippen LogP contribution in [0.3, 0.4) is 0 Å². The fourth-order valence-electron chi connectivity index (χ4n) is 3.83. The first-order valence-corrected chi connectivity index (χ1v) is 10.7. The quantitative estimate of drug-likeness (QED) is 0.782. The van der Waals surface area contributed by atoms with Crippen LogP contribution in [0.15, 0.2) is 17.9 Å². The Morgan fingerprint density at radius 2 is 1.80 bits per heavy atom. The summed E-state index contributed by atoms with van der Waals surface area (Å²) in [4.78, 5) is 25.0. The van der Waals surface area contributed by atoms with Crippen molar-refractivity contribution in [3.05, 3.63) is 40.1 Å². The standard InChI is InChI=1S/C19H23NO3S2/c1-11-9-12(2)14(13(3)10-11)15-16(23-18(22)24-4)19(20-17(15)21)5-7-25-8-6-19/h9-10H,5-8H2,1-4H3,(H,20,21). The van der Waals surface area contributed by atoms with Gasteiger partial charge in [-0.3, -0.25) is 4.79 Å². The summed E-state index contributed by atoms with van der Waals surface area (Å²) in [6, 6.07) is 4.14. The Morgan fingerprint density at radius 1 is 1.20 bits per heavy atom. The molecule has 0 bridgehead atoms. The zero-order valence-corrected chi connectivity index (χ0v) is 16.7. The predicted octanol–water partition coefficient (Wildman–Crippen LogP) is 4.22. The van der Waals surface area contributed by atoms with Gasteiger partial charge in [0.25, 0.3) is 5.91 Å². The molecular formula is C19H23NO3S2. The Balaban J connectivity index is 2.20. The van der Waals surface area contributed by atoms with Crippen LogP contribution in [-0.4, -0.2) is 34.5 Å². The number of aryl methyl sites for hydroxylation is 3. The number of carbonyl (C=O) groups is 2. The molecule has 6 heteroatoms. The number of nitrogens with one attached hydrogen (secondary N) is 1. The summed E-state index contributed by atoms with van der Waals surface area (Å²) in [5, 5.41) is 2.78. The van der Waals surface area contributed by atoms with Gasteiger partial charge in [-0.05, 0) is 79.8 Å². The number of hydrogen-bond acceptors (Lipinski definition) is 5. The highest BCUT2D eigenvalue weighted by Crippen LogP contribution is 2.44. The van der Waals surface area contributed by atoms with Crippen LogP contribution in [0.25, 0.3) is 5.57 Å². The van der Waals surface area contributed by atoms with E-state index in [2.05, 4.69) is 17.4 Å². The van der Waals surface area contributed by atoms with Gasteiger partial charge in [-0.25, -0.2) is 4.79 Å². The van der Waals surface area contributed by atoms with E-state index in [9.17, 15) is 9.59 Å². The summed E-state index contributed by atoms with van der Waals surface area (Å²) in [5.74, 6) is 2.28. The molecule has 3 rings (SSSR count). The van der Waals surface area contributed by atoms with Crippen molar-refractivity contribution in [3.63, 3.8) is 0 Å². The van der Waals surface area contributed by atoms with Crippen molar-refractivity contribution in [3.8, 4) is 0 Å². The fraction of sp³-hybridized carbons (Fsp3) is 0.474. The maximum absolute atomic E-state index is 12.9. The minimum absolute atomic E-state index is 0.133. The van der Waals surface area contributed by atoms with Crippen molar-refractivity contribution in [1.29, 1.82) is 0 Å². The molecule has 0 aliphatic carbocycles. The molecule has 1 amide bonds. The maximum Gasteiger partial charge on any atom is 0.372 e. The fourth-order valence-corrected chi connectivity index (χ4v) is 5.18. The molecule has 2 heterocycles. The molecule has 1 fully saturated rings. The Bertz CT molecular complexity index is 741. The van der Waals surface area contributed by atoms with Gasteiger partial charge < -0.3 is 10.1 Å². The molecule has 4 nitrogen and oxygen atoms in total. The summed E-state index contributed by atoms with van der Waals surface area (Å²) in [7, 11) is 0. The second kappa shape index (κ2) is 7.08. The molecule has 0 saturated carbocycles. The predicted molar refractivity (Wildman–Crippen MR) is 105 cm³/mol. The average Bonchev–Trinajstić information content (AvgIpc) is 2.79. The van der Waals surface area contributed by atoms with E-state index in [0.717, 1.165) is 58.4 Å². The topological polar surface area (TPSA) is 55.4 Å². The summed E-state index contributed by atoms with van der Waals surface area (Å²) in [5.41, 5.74) is 4.09. The van der Waals surface area contributed by atoms with E-state index < -0.39 is 5.54 Å². The Hall–Kier alpha value is -1.40. The second-order valence-electron chi connectivity index (χ2n) is 6.68. The number of carbonyl (C=O) groups excluding carboxylic acids is 2. The highest BCUT2D eigenvalue weighted by Gasteiger charge is 2.49. The van der Waals surface area contributed by atoms with Gasteiger partial charge in [0.2, 0.25) is 0 Å². The molecule has 0 radical (unpaired) electrons. The summed E-state index contributed by atoms with van der Waals surface area (Å²) in [6.07, 6.45) is 3.26. The van der Waals surface area contributed by atoms with Crippen LogP contribution >= 0.6 is 23.5 Å². The maximum atomic E-state index is 12.9. The van der Waals surface area contributed by atoms with E-state index in [1.54, 1.807) is 6.26 Å². The zero-order valence-electron chi connectivity index (χ0n) is 15.0. The Morgan fingerprint density at radius 3 is 2.36 bits per heavy atom.